The summed E-state index contributed by atoms with van der Waals surface area (Å²) >= 11 is 0. The zero-order valence-corrected chi connectivity index (χ0v) is 12.8. The third-order valence-corrected chi connectivity index (χ3v) is 4.50. The summed E-state index contributed by atoms with van der Waals surface area (Å²) in [6.45, 7) is 4.54. The SMILES string of the molecule is CC1(C)c2ccccc2N(c2ccccc2)c2ncccc21. The van der Waals surface area contributed by atoms with Crippen molar-refractivity contribution in [1.29, 1.82) is 0 Å². The molecule has 3 aromatic rings. The molecule has 0 N–H and O–H groups in total. The molecule has 2 nitrogen and oxygen atoms in total. The first-order chi connectivity index (χ1) is 10.7. The molecule has 0 fully saturated rings. The molecule has 0 aliphatic carbocycles. The van der Waals surface area contributed by atoms with Gasteiger partial charge in [-0.15, -0.1) is 0 Å². The van der Waals surface area contributed by atoms with Gasteiger partial charge in [0.2, 0.25) is 0 Å². The molecule has 0 saturated carbocycles. The molecule has 1 aliphatic rings. The fourth-order valence-corrected chi connectivity index (χ4v) is 3.36. The Morgan fingerprint density at radius 2 is 1.45 bits per heavy atom. The predicted molar refractivity (Wildman–Crippen MR) is 91.0 cm³/mol. The Bertz CT molecular complexity index is 772. The van der Waals surface area contributed by atoms with Gasteiger partial charge in [0, 0.05) is 22.9 Å². The highest BCUT2D eigenvalue weighted by atomic mass is 15.2. The number of pyridine rings is 1. The van der Waals surface area contributed by atoms with Gasteiger partial charge in [-0.1, -0.05) is 56.3 Å². The van der Waals surface area contributed by atoms with E-state index in [0.29, 0.717) is 0 Å². The van der Waals surface area contributed by atoms with E-state index in [2.05, 4.69) is 73.3 Å². The number of benzene rings is 2. The van der Waals surface area contributed by atoms with Crippen LogP contribution in [-0.4, -0.2) is 4.98 Å². The zero-order valence-electron chi connectivity index (χ0n) is 12.8. The highest BCUT2D eigenvalue weighted by Crippen LogP contribution is 2.50. The summed E-state index contributed by atoms with van der Waals surface area (Å²) in [6, 6.07) is 23.3. The van der Waals surface area contributed by atoms with Crippen molar-refractivity contribution in [1.82, 2.24) is 4.98 Å². The number of hydrogen-bond acceptors (Lipinski definition) is 2. The van der Waals surface area contributed by atoms with Gasteiger partial charge in [0.15, 0.2) is 0 Å². The van der Waals surface area contributed by atoms with Crippen molar-refractivity contribution in [2.24, 2.45) is 0 Å². The quantitative estimate of drug-likeness (QED) is 0.612. The van der Waals surface area contributed by atoms with Crippen molar-refractivity contribution in [2.45, 2.75) is 19.3 Å². The molecular weight excluding hydrogens is 268 g/mol. The summed E-state index contributed by atoms with van der Waals surface area (Å²) in [6.07, 6.45) is 1.87. The second-order valence-corrected chi connectivity index (χ2v) is 6.19. The van der Waals surface area contributed by atoms with E-state index < -0.39 is 0 Å². The van der Waals surface area contributed by atoms with E-state index in [1.807, 2.05) is 18.3 Å². The van der Waals surface area contributed by atoms with Crippen molar-refractivity contribution in [3.05, 3.63) is 84.1 Å². The van der Waals surface area contributed by atoms with Crippen molar-refractivity contribution in [3.8, 4) is 0 Å². The molecule has 2 heterocycles. The van der Waals surface area contributed by atoms with Gasteiger partial charge in [0.1, 0.15) is 5.82 Å². The highest BCUT2D eigenvalue weighted by Gasteiger charge is 2.37. The number of fused-ring (bicyclic) bond motifs is 2. The summed E-state index contributed by atoms with van der Waals surface area (Å²) in [5.41, 5.74) is 4.90. The minimum absolute atomic E-state index is 0.0501. The van der Waals surface area contributed by atoms with Crippen LogP contribution in [0.25, 0.3) is 0 Å². The normalized spacial score (nSPS) is 15.1. The standard InChI is InChI=1S/C20H18N2/c1-20(2)16-11-6-7-13-18(16)22(15-9-4-3-5-10-15)19-17(20)12-8-14-21-19/h3-14H,1-2H3. The summed E-state index contributed by atoms with van der Waals surface area (Å²) in [5.74, 6) is 1.03. The third-order valence-electron chi connectivity index (χ3n) is 4.50. The Balaban J connectivity index is 2.05. The van der Waals surface area contributed by atoms with Crippen molar-refractivity contribution < 1.29 is 0 Å². The van der Waals surface area contributed by atoms with Gasteiger partial charge >= 0.3 is 0 Å². The van der Waals surface area contributed by atoms with Crippen LogP contribution >= 0.6 is 0 Å². The van der Waals surface area contributed by atoms with Crippen molar-refractivity contribution in [3.63, 3.8) is 0 Å². The molecule has 0 bridgehead atoms. The molecule has 0 spiro atoms. The van der Waals surface area contributed by atoms with E-state index in [0.717, 1.165) is 11.5 Å². The second-order valence-electron chi connectivity index (χ2n) is 6.19. The molecule has 108 valence electrons. The van der Waals surface area contributed by atoms with Crippen LogP contribution in [0.15, 0.2) is 72.9 Å². The van der Waals surface area contributed by atoms with Crippen LogP contribution in [0.5, 0.6) is 0 Å². The lowest BCUT2D eigenvalue weighted by molar-refractivity contribution is 0.627. The topological polar surface area (TPSA) is 16.1 Å². The van der Waals surface area contributed by atoms with Crippen LogP contribution in [0.2, 0.25) is 0 Å². The molecule has 0 saturated heterocycles. The Kier molecular flexibility index (Phi) is 2.80. The molecule has 1 aromatic heterocycles. The van der Waals surface area contributed by atoms with E-state index in [-0.39, 0.29) is 5.41 Å². The first-order valence-corrected chi connectivity index (χ1v) is 7.60. The zero-order chi connectivity index (χ0) is 15.2. The van der Waals surface area contributed by atoms with E-state index in [1.54, 1.807) is 0 Å². The van der Waals surface area contributed by atoms with Gasteiger partial charge in [-0.05, 0) is 29.8 Å². The first kappa shape index (κ1) is 13.1. The van der Waals surface area contributed by atoms with Crippen LogP contribution in [0.4, 0.5) is 17.2 Å². The van der Waals surface area contributed by atoms with Crippen LogP contribution in [0, 0.1) is 0 Å². The monoisotopic (exact) mass is 286 g/mol. The second kappa shape index (κ2) is 4.70. The maximum Gasteiger partial charge on any atom is 0.141 e. The van der Waals surface area contributed by atoms with Gasteiger partial charge in [0.25, 0.3) is 0 Å². The van der Waals surface area contributed by atoms with Crippen molar-refractivity contribution in [2.75, 3.05) is 4.90 Å². The minimum Gasteiger partial charge on any atom is -0.294 e. The number of aromatic nitrogens is 1. The Morgan fingerprint density at radius 3 is 2.27 bits per heavy atom. The van der Waals surface area contributed by atoms with E-state index in [9.17, 15) is 0 Å². The summed E-state index contributed by atoms with van der Waals surface area (Å²) in [5, 5.41) is 0. The maximum atomic E-state index is 4.70. The third kappa shape index (κ3) is 1.77. The van der Waals surface area contributed by atoms with E-state index in [4.69, 9.17) is 4.98 Å². The molecule has 0 amide bonds. The van der Waals surface area contributed by atoms with Crippen LogP contribution in [0.3, 0.4) is 0 Å². The smallest absolute Gasteiger partial charge is 0.141 e. The minimum atomic E-state index is -0.0501. The van der Waals surface area contributed by atoms with Crippen molar-refractivity contribution >= 4 is 17.2 Å². The molecule has 0 atom stereocenters. The Labute approximate surface area is 131 Å². The average Bonchev–Trinajstić information content (AvgIpc) is 2.56. The van der Waals surface area contributed by atoms with E-state index >= 15 is 0 Å². The van der Waals surface area contributed by atoms with Crippen LogP contribution in [0.1, 0.15) is 25.0 Å². The van der Waals surface area contributed by atoms with Crippen LogP contribution < -0.4 is 4.90 Å². The van der Waals surface area contributed by atoms with Gasteiger partial charge in [-0.25, -0.2) is 4.98 Å². The first-order valence-electron chi connectivity index (χ1n) is 7.60. The van der Waals surface area contributed by atoms with Gasteiger partial charge < -0.3 is 0 Å². The lowest BCUT2D eigenvalue weighted by Crippen LogP contribution is -2.31. The number of para-hydroxylation sites is 2. The lowest BCUT2D eigenvalue weighted by Gasteiger charge is -2.40. The summed E-state index contributed by atoms with van der Waals surface area (Å²) in [7, 11) is 0. The van der Waals surface area contributed by atoms with Gasteiger partial charge in [0.05, 0.1) is 5.69 Å². The molecule has 2 heteroatoms. The predicted octanol–water partition coefficient (Wildman–Crippen LogP) is 5.19. The number of hydrogen-bond donors (Lipinski definition) is 0. The van der Waals surface area contributed by atoms with Gasteiger partial charge in [-0.3, -0.25) is 4.90 Å². The molecule has 0 radical (unpaired) electrons. The largest absolute Gasteiger partial charge is 0.294 e. The Morgan fingerprint density at radius 1 is 0.773 bits per heavy atom. The fraction of sp³-hybridized carbons (Fsp3) is 0.150. The molecule has 2 aromatic carbocycles. The average molecular weight is 286 g/mol. The van der Waals surface area contributed by atoms with E-state index in [1.165, 1.54) is 16.8 Å². The Hall–Kier alpha value is -2.61. The number of rotatable bonds is 1. The number of nitrogens with zero attached hydrogens (tertiary/aromatic N) is 2. The molecule has 1 aliphatic heterocycles. The summed E-state index contributed by atoms with van der Waals surface area (Å²) < 4.78 is 0. The molecule has 22 heavy (non-hydrogen) atoms. The fourth-order valence-electron chi connectivity index (χ4n) is 3.36. The maximum absolute atomic E-state index is 4.70. The molecule has 4 rings (SSSR count). The van der Waals surface area contributed by atoms with Gasteiger partial charge in [-0.2, -0.15) is 0 Å². The number of anilines is 3. The highest BCUT2D eigenvalue weighted by molar-refractivity contribution is 5.83. The molecule has 0 unspecified atom stereocenters. The van der Waals surface area contributed by atoms with Crippen LogP contribution in [-0.2, 0) is 5.41 Å². The molecular formula is C20H18N2. The lowest BCUT2D eigenvalue weighted by atomic mass is 9.74. The summed E-state index contributed by atoms with van der Waals surface area (Å²) in [4.78, 5) is 6.96.